The van der Waals surface area contributed by atoms with E-state index in [0.717, 1.165) is 12.1 Å². The first-order valence-corrected chi connectivity index (χ1v) is 7.80. The summed E-state index contributed by atoms with van der Waals surface area (Å²) in [5.74, 6) is 0. The lowest BCUT2D eigenvalue weighted by molar-refractivity contribution is -0.139. The van der Waals surface area contributed by atoms with E-state index < -0.39 is 37.8 Å². The summed E-state index contributed by atoms with van der Waals surface area (Å²) in [4.78, 5) is -0.662. The molecule has 0 saturated carbocycles. The van der Waals surface area contributed by atoms with Crippen molar-refractivity contribution in [3.8, 4) is 0 Å². The molecule has 1 aromatic carbocycles. The second-order valence-electron chi connectivity index (χ2n) is 4.59. The molecule has 3 nitrogen and oxygen atoms in total. The third kappa shape index (κ3) is 3.52. The van der Waals surface area contributed by atoms with Gasteiger partial charge in [-0.2, -0.15) is 13.2 Å². The van der Waals surface area contributed by atoms with Gasteiger partial charge in [-0.3, -0.25) is 0 Å². The molecule has 0 amide bonds. The van der Waals surface area contributed by atoms with Crippen LogP contribution in [0, 0.1) is 0 Å². The standard InChI is InChI=1S/C13H18F3NO2S/c1-4-17-9(2)10(3)20(18,19)12-8-6-5-7-11(12)13(14,15)16/h5-10,17H,4H2,1-3H3. The van der Waals surface area contributed by atoms with Crippen molar-refractivity contribution < 1.29 is 21.6 Å². The van der Waals surface area contributed by atoms with Crippen molar-refractivity contribution in [2.45, 2.75) is 43.1 Å². The van der Waals surface area contributed by atoms with Gasteiger partial charge in [-0.1, -0.05) is 19.1 Å². The average molecular weight is 309 g/mol. The third-order valence-electron chi connectivity index (χ3n) is 3.22. The molecule has 1 aromatic rings. The number of halogens is 3. The molecule has 0 aromatic heterocycles. The molecule has 1 rings (SSSR count). The van der Waals surface area contributed by atoms with Crippen LogP contribution in [0.5, 0.6) is 0 Å². The van der Waals surface area contributed by atoms with Crippen molar-refractivity contribution in [2.24, 2.45) is 0 Å². The van der Waals surface area contributed by atoms with Crippen LogP contribution in [0.25, 0.3) is 0 Å². The second kappa shape index (κ2) is 6.13. The van der Waals surface area contributed by atoms with Crippen molar-refractivity contribution in [3.63, 3.8) is 0 Å². The molecule has 0 heterocycles. The van der Waals surface area contributed by atoms with E-state index in [9.17, 15) is 21.6 Å². The van der Waals surface area contributed by atoms with Crippen LogP contribution in [-0.2, 0) is 16.0 Å². The van der Waals surface area contributed by atoms with Gasteiger partial charge >= 0.3 is 6.18 Å². The van der Waals surface area contributed by atoms with Gasteiger partial charge in [-0.15, -0.1) is 0 Å². The lowest BCUT2D eigenvalue weighted by Gasteiger charge is -2.22. The van der Waals surface area contributed by atoms with E-state index in [-0.39, 0.29) is 0 Å². The van der Waals surface area contributed by atoms with E-state index in [1.54, 1.807) is 13.8 Å². The quantitative estimate of drug-likeness (QED) is 0.910. The highest BCUT2D eigenvalue weighted by Gasteiger charge is 2.39. The molecule has 0 saturated heterocycles. The van der Waals surface area contributed by atoms with E-state index in [1.807, 2.05) is 0 Å². The highest BCUT2D eigenvalue weighted by Crippen LogP contribution is 2.35. The molecule has 0 aliphatic heterocycles. The van der Waals surface area contributed by atoms with Crippen LogP contribution in [0.3, 0.4) is 0 Å². The minimum absolute atomic E-state index is 0.439. The first-order chi connectivity index (χ1) is 9.12. The molecule has 114 valence electrons. The highest BCUT2D eigenvalue weighted by molar-refractivity contribution is 7.92. The predicted molar refractivity (Wildman–Crippen MR) is 71.2 cm³/mol. The molecule has 0 fully saturated rings. The fraction of sp³-hybridized carbons (Fsp3) is 0.538. The van der Waals surface area contributed by atoms with Crippen molar-refractivity contribution in [2.75, 3.05) is 6.54 Å². The predicted octanol–water partition coefficient (Wildman–Crippen LogP) is 2.87. The zero-order chi connectivity index (χ0) is 15.6. The Kier molecular flexibility index (Phi) is 5.21. The summed E-state index contributed by atoms with van der Waals surface area (Å²) < 4.78 is 63.5. The molecule has 0 spiro atoms. The molecule has 20 heavy (non-hydrogen) atoms. The van der Waals surface area contributed by atoms with Crippen LogP contribution in [-0.4, -0.2) is 26.3 Å². The Balaban J connectivity index is 3.30. The molecule has 7 heteroatoms. The van der Waals surface area contributed by atoms with Gasteiger partial charge < -0.3 is 5.32 Å². The number of hydrogen-bond acceptors (Lipinski definition) is 3. The highest BCUT2D eigenvalue weighted by atomic mass is 32.2. The van der Waals surface area contributed by atoms with Crippen LogP contribution < -0.4 is 5.32 Å². The summed E-state index contributed by atoms with van der Waals surface area (Å²) >= 11 is 0. The Morgan fingerprint density at radius 2 is 1.75 bits per heavy atom. The van der Waals surface area contributed by atoms with Gasteiger partial charge in [0.15, 0.2) is 9.84 Å². The Morgan fingerprint density at radius 3 is 2.25 bits per heavy atom. The van der Waals surface area contributed by atoms with Gasteiger partial charge in [0, 0.05) is 6.04 Å². The smallest absolute Gasteiger partial charge is 0.313 e. The first kappa shape index (κ1) is 17.0. The summed E-state index contributed by atoms with van der Waals surface area (Å²) in [7, 11) is -4.06. The fourth-order valence-corrected chi connectivity index (χ4v) is 3.70. The summed E-state index contributed by atoms with van der Waals surface area (Å²) in [6.45, 7) is 5.40. The second-order valence-corrected chi connectivity index (χ2v) is 6.86. The topological polar surface area (TPSA) is 46.2 Å². The molecule has 2 atom stereocenters. The van der Waals surface area contributed by atoms with Gasteiger partial charge in [-0.25, -0.2) is 8.42 Å². The lowest BCUT2D eigenvalue weighted by atomic mass is 10.2. The zero-order valence-corrected chi connectivity index (χ0v) is 12.3. The molecular weight excluding hydrogens is 291 g/mol. The zero-order valence-electron chi connectivity index (χ0n) is 11.5. The number of rotatable bonds is 5. The largest absolute Gasteiger partial charge is 0.417 e. The molecule has 0 radical (unpaired) electrons. The number of hydrogen-bond donors (Lipinski definition) is 1. The van der Waals surface area contributed by atoms with E-state index in [0.29, 0.717) is 6.54 Å². The normalized spacial score (nSPS) is 15.9. The van der Waals surface area contributed by atoms with E-state index in [2.05, 4.69) is 5.32 Å². The lowest BCUT2D eigenvalue weighted by Crippen LogP contribution is -2.40. The van der Waals surface area contributed by atoms with Crippen molar-refractivity contribution in [1.82, 2.24) is 5.32 Å². The van der Waals surface area contributed by atoms with Crippen molar-refractivity contribution >= 4 is 9.84 Å². The SMILES string of the molecule is CCNC(C)C(C)S(=O)(=O)c1ccccc1C(F)(F)F. The molecular formula is C13H18F3NO2S. The average Bonchev–Trinajstić information content (AvgIpc) is 2.37. The maximum absolute atomic E-state index is 12.9. The summed E-state index contributed by atoms with van der Waals surface area (Å²) in [6.07, 6.45) is -4.69. The van der Waals surface area contributed by atoms with Crippen LogP contribution in [0.4, 0.5) is 13.2 Å². The monoisotopic (exact) mass is 309 g/mol. The molecule has 0 aliphatic rings. The van der Waals surface area contributed by atoms with Gasteiger partial charge in [0.25, 0.3) is 0 Å². The van der Waals surface area contributed by atoms with E-state index in [1.165, 1.54) is 19.1 Å². The van der Waals surface area contributed by atoms with E-state index in [4.69, 9.17) is 0 Å². The van der Waals surface area contributed by atoms with Gasteiger partial charge in [-0.05, 0) is 32.5 Å². The fourth-order valence-electron chi connectivity index (χ4n) is 1.91. The Morgan fingerprint density at radius 1 is 1.20 bits per heavy atom. The summed E-state index contributed by atoms with van der Waals surface area (Å²) in [5.41, 5.74) is -1.12. The number of sulfone groups is 1. The minimum atomic E-state index is -4.69. The summed E-state index contributed by atoms with van der Waals surface area (Å²) in [5, 5.41) is 1.97. The molecule has 0 bridgehead atoms. The Hall–Kier alpha value is -1.08. The first-order valence-electron chi connectivity index (χ1n) is 6.25. The molecule has 2 unspecified atom stereocenters. The number of alkyl halides is 3. The van der Waals surface area contributed by atoms with E-state index >= 15 is 0 Å². The van der Waals surface area contributed by atoms with Gasteiger partial charge in [0.05, 0.1) is 15.7 Å². The molecule has 1 N–H and O–H groups in total. The van der Waals surface area contributed by atoms with Gasteiger partial charge in [0.1, 0.15) is 0 Å². The molecule has 0 aliphatic carbocycles. The van der Waals surface area contributed by atoms with Crippen LogP contribution in [0.2, 0.25) is 0 Å². The van der Waals surface area contributed by atoms with Gasteiger partial charge in [0.2, 0.25) is 0 Å². The third-order valence-corrected chi connectivity index (χ3v) is 5.57. The summed E-state index contributed by atoms with van der Waals surface area (Å²) in [6, 6.07) is 3.84. The van der Waals surface area contributed by atoms with Crippen molar-refractivity contribution in [1.29, 1.82) is 0 Å². The van der Waals surface area contributed by atoms with Crippen molar-refractivity contribution in [3.05, 3.63) is 29.8 Å². The maximum atomic E-state index is 12.9. The van der Waals surface area contributed by atoms with Crippen LogP contribution in [0.1, 0.15) is 26.3 Å². The van der Waals surface area contributed by atoms with Crippen LogP contribution in [0.15, 0.2) is 29.2 Å². The van der Waals surface area contributed by atoms with Crippen LogP contribution >= 0.6 is 0 Å². The number of benzene rings is 1. The minimum Gasteiger partial charge on any atom is -0.313 e. The Labute approximate surface area is 117 Å². The number of nitrogens with one attached hydrogen (secondary N) is 1. The Bertz CT molecular complexity index is 555. The maximum Gasteiger partial charge on any atom is 0.417 e.